The molecule has 0 heterocycles. The highest BCUT2D eigenvalue weighted by molar-refractivity contribution is 5.83. The van der Waals surface area contributed by atoms with E-state index in [0.29, 0.717) is 18.1 Å². The lowest BCUT2D eigenvalue weighted by molar-refractivity contribution is -0.121. The van der Waals surface area contributed by atoms with Crippen molar-refractivity contribution in [1.82, 2.24) is 0 Å². The highest BCUT2D eigenvalue weighted by Crippen LogP contribution is 2.23. The van der Waals surface area contributed by atoms with Gasteiger partial charge >= 0.3 is 0 Å². The zero-order valence-electron chi connectivity index (χ0n) is 16.7. The number of rotatable bonds is 12. The van der Waals surface area contributed by atoms with E-state index < -0.39 is 0 Å². The summed E-state index contributed by atoms with van der Waals surface area (Å²) in [5.41, 5.74) is 3.82. The highest BCUT2D eigenvalue weighted by Gasteiger charge is 2.16. The van der Waals surface area contributed by atoms with Crippen molar-refractivity contribution in [3.05, 3.63) is 34.9 Å². The van der Waals surface area contributed by atoms with Crippen LogP contribution in [-0.2, 0) is 11.2 Å². The summed E-state index contributed by atoms with van der Waals surface area (Å²) in [5.74, 6) is 1.08. The van der Waals surface area contributed by atoms with Gasteiger partial charge in [0.25, 0.3) is 0 Å². The first-order valence-corrected chi connectivity index (χ1v) is 10.1. The number of hydrogen-bond donors (Lipinski definition) is 0. The van der Waals surface area contributed by atoms with Gasteiger partial charge in [0.1, 0.15) is 5.78 Å². The molecule has 0 N–H and O–H groups in total. The van der Waals surface area contributed by atoms with Crippen LogP contribution >= 0.6 is 0 Å². The van der Waals surface area contributed by atoms with E-state index in [4.69, 9.17) is 0 Å². The molecule has 1 heteroatoms. The van der Waals surface area contributed by atoms with Crippen molar-refractivity contribution in [2.24, 2.45) is 5.92 Å². The van der Waals surface area contributed by atoms with E-state index in [9.17, 15) is 4.79 Å². The van der Waals surface area contributed by atoms with Gasteiger partial charge in [0.15, 0.2) is 0 Å². The molecule has 0 aliphatic heterocycles. The number of aryl methyl sites for hydroxylation is 1. The van der Waals surface area contributed by atoms with Crippen LogP contribution in [0, 0.1) is 12.8 Å². The first kappa shape index (κ1) is 20.9. The summed E-state index contributed by atoms with van der Waals surface area (Å²) in [6.07, 6.45) is 10.9. The van der Waals surface area contributed by atoms with Gasteiger partial charge in [-0.25, -0.2) is 0 Å². The first-order chi connectivity index (χ1) is 11.5. The number of hydrogen-bond acceptors (Lipinski definition) is 1. The van der Waals surface area contributed by atoms with Gasteiger partial charge in [-0.15, -0.1) is 0 Å². The largest absolute Gasteiger partial charge is 0.299 e. The van der Waals surface area contributed by atoms with Crippen molar-refractivity contribution < 1.29 is 4.79 Å². The molecule has 1 unspecified atom stereocenters. The molecule has 0 saturated heterocycles. The fourth-order valence-corrected chi connectivity index (χ4v) is 3.38. The third-order valence-corrected chi connectivity index (χ3v) is 5.08. The third kappa shape index (κ3) is 7.64. The Kier molecular flexibility index (Phi) is 9.98. The van der Waals surface area contributed by atoms with E-state index in [-0.39, 0.29) is 5.92 Å². The zero-order valence-corrected chi connectivity index (χ0v) is 16.7. The summed E-state index contributed by atoms with van der Waals surface area (Å²) in [4.78, 5) is 12.6. The molecule has 1 rings (SSSR count). The van der Waals surface area contributed by atoms with Gasteiger partial charge in [-0.3, -0.25) is 4.79 Å². The van der Waals surface area contributed by atoms with Crippen LogP contribution in [0.2, 0.25) is 0 Å². The quantitative estimate of drug-likeness (QED) is 0.377. The van der Waals surface area contributed by atoms with Crippen molar-refractivity contribution in [2.45, 2.75) is 98.3 Å². The molecule has 0 fully saturated rings. The molecule has 0 saturated carbocycles. The third-order valence-electron chi connectivity index (χ3n) is 5.08. The van der Waals surface area contributed by atoms with Crippen LogP contribution in [-0.4, -0.2) is 5.78 Å². The summed E-state index contributed by atoms with van der Waals surface area (Å²) < 4.78 is 0. The molecular weight excluding hydrogens is 292 g/mol. The number of Topliss-reactive ketones (excluding diaryl/α,β-unsaturated/α-hetero) is 1. The van der Waals surface area contributed by atoms with Crippen LogP contribution in [0.5, 0.6) is 0 Å². The molecule has 1 atom stereocenters. The van der Waals surface area contributed by atoms with Crippen molar-refractivity contribution in [3.63, 3.8) is 0 Å². The summed E-state index contributed by atoms with van der Waals surface area (Å²) in [7, 11) is 0. The average molecular weight is 331 g/mol. The van der Waals surface area contributed by atoms with E-state index in [1.165, 1.54) is 61.6 Å². The maximum atomic E-state index is 12.6. The molecule has 136 valence electrons. The smallest absolute Gasteiger partial charge is 0.140 e. The van der Waals surface area contributed by atoms with Gasteiger partial charge in [-0.05, 0) is 30.4 Å². The Hall–Kier alpha value is -1.11. The molecule has 0 bridgehead atoms. The van der Waals surface area contributed by atoms with Crippen LogP contribution in [0.4, 0.5) is 0 Å². The summed E-state index contributed by atoms with van der Waals surface area (Å²) in [6.45, 7) is 10.9. The molecule has 24 heavy (non-hydrogen) atoms. The maximum absolute atomic E-state index is 12.6. The van der Waals surface area contributed by atoms with Crippen molar-refractivity contribution >= 4 is 5.78 Å². The summed E-state index contributed by atoms with van der Waals surface area (Å²) in [6, 6.07) is 6.56. The number of carbonyl (C=O) groups is 1. The number of ketones is 1. The normalized spacial score (nSPS) is 12.6. The Morgan fingerprint density at radius 2 is 1.58 bits per heavy atom. The molecule has 0 aliphatic carbocycles. The van der Waals surface area contributed by atoms with E-state index in [2.05, 4.69) is 52.8 Å². The molecule has 0 aromatic heterocycles. The molecule has 0 amide bonds. The maximum Gasteiger partial charge on any atom is 0.140 e. The second-order valence-corrected chi connectivity index (χ2v) is 7.81. The van der Waals surface area contributed by atoms with Gasteiger partial charge in [0.2, 0.25) is 0 Å². The van der Waals surface area contributed by atoms with Crippen LogP contribution < -0.4 is 0 Å². The minimum atomic E-state index is 0.196. The second-order valence-electron chi connectivity index (χ2n) is 7.81. The van der Waals surface area contributed by atoms with E-state index in [1.54, 1.807) is 0 Å². The van der Waals surface area contributed by atoms with Gasteiger partial charge in [0, 0.05) is 12.3 Å². The fraction of sp³-hybridized carbons (Fsp3) is 0.696. The van der Waals surface area contributed by atoms with E-state index in [0.717, 1.165) is 6.42 Å². The summed E-state index contributed by atoms with van der Waals surface area (Å²) in [5, 5.41) is 0. The van der Waals surface area contributed by atoms with Gasteiger partial charge in [0.05, 0.1) is 0 Å². The molecule has 0 aliphatic rings. The zero-order chi connectivity index (χ0) is 17.9. The van der Waals surface area contributed by atoms with Crippen LogP contribution in [0.15, 0.2) is 18.2 Å². The number of benzene rings is 1. The first-order valence-electron chi connectivity index (χ1n) is 10.1. The lowest BCUT2D eigenvalue weighted by Gasteiger charge is -2.16. The Bertz CT molecular complexity index is 487. The molecule has 1 aromatic rings. The molecule has 1 nitrogen and oxygen atoms in total. The molecule has 0 spiro atoms. The second kappa shape index (κ2) is 11.4. The molecular formula is C23H38O. The SMILES string of the molecule is CCCCCCCCCC(C)C(=O)Cc1cc(C)ccc1C(C)C. The fourth-order valence-electron chi connectivity index (χ4n) is 3.38. The predicted molar refractivity (Wildman–Crippen MR) is 106 cm³/mol. The predicted octanol–water partition coefficient (Wildman–Crippen LogP) is 7.01. The Labute approximate surface area is 150 Å². The Morgan fingerprint density at radius 3 is 2.21 bits per heavy atom. The van der Waals surface area contributed by atoms with Gasteiger partial charge in [-0.1, -0.05) is 96.4 Å². The average Bonchev–Trinajstić information content (AvgIpc) is 2.53. The summed E-state index contributed by atoms with van der Waals surface area (Å²) >= 11 is 0. The van der Waals surface area contributed by atoms with Crippen molar-refractivity contribution in [2.75, 3.05) is 0 Å². The number of carbonyl (C=O) groups excluding carboxylic acids is 1. The lowest BCUT2D eigenvalue weighted by atomic mass is 9.88. The minimum Gasteiger partial charge on any atom is -0.299 e. The van der Waals surface area contributed by atoms with Crippen molar-refractivity contribution in [1.29, 1.82) is 0 Å². The van der Waals surface area contributed by atoms with Gasteiger partial charge < -0.3 is 0 Å². The minimum absolute atomic E-state index is 0.196. The van der Waals surface area contributed by atoms with Crippen LogP contribution in [0.3, 0.4) is 0 Å². The Balaban J connectivity index is 2.40. The van der Waals surface area contributed by atoms with E-state index in [1.807, 2.05) is 0 Å². The monoisotopic (exact) mass is 330 g/mol. The highest BCUT2D eigenvalue weighted by atomic mass is 16.1. The van der Waals surface area contributed by atoms with Crippen molar-refractivity contribution in [3.8, 4) is 0 Å². The topological polar surface area (TPSA) is 17.1 Å². The molecule has 1 aromatic carbocycles. The standard InChI is InChI=1S/C23H38O/c1-6-7-8-9-10-11-12-13-20(5)23(24)17-21-16-19(4)14-15-22(21)18(2)3/h14-16,18,20H,6-13,17H2,1-5H3. The van der Waals surface area contributed by atoms with Crippen LogP contribution in [0.25, 0.3) is 0 Å². The Morgan fingerprint density at radius 1 is 0.958 bits per heavy atom. The van der Waals surface area contributed by atoms with Gasteiger partial charge in [-0.2, -0.15) is 0 Å². The lowest BCUT2D eigenvalue weighted by Crippen LogP contribution is -2.15. The molecule has 0 radical (unpaired) electrons. The van der Waals surface area contributed by atoms with Crippen LogP contribution in [0.1, 0.15) is 102 Å². The van der Waals surface area contributed by atoms with E-state index >= 15 is 0 Å². The number of unbranched alkanes of at least 4 members (excludes halogenated alkanes) is 6.